The van der Waals surface area contributed by atoms with E-state index in [-0.39, 0.29) is 13.0 Å². The van der Waals surface area contributed by atoms with Crippen LogP contribution < -0.4 is 0 Å². The molecule has 1 rings (SSSR count). The van der Waals surface area contributed by atoms with Crippen LogP contribution in [-0.2, 0) is 20.9 Å². The minimum atomic E-state index is -1.48. The third-order valence-electron chi connectivity index (χ3n) is 2.79. The van der Waals surface area contributed by atoms with E-state index in [4.69, 9.17) is 4.74 Å². The molecule has 0 aliphatic rings. The van der Waals surface area contributed by atoms with Gasteiger partial charge >= 0.3 is 5.97 Å². The Morgan fingerprint density at radius 3 is 2.60 bits per heavy atom. The molecule has 5 nitrogen and oxygen atoms in total. The van der Waals surface area contributed by atoms with Crippen molar-refractivity contribution in [2.24, 2.45) is 0 Å². The maximum absolute atomic E-state index is 11.2. The molecule has 0 saturated heterocycles. The van der Waals surface area contributed by atoms with Crippen LogP contribution >= 0.6 is 0 Å². The summed E-state index contributed by atoms with van der Waals surface area (Å²) in [6.07, 6.45) is -1.75. The van der Waals surface area contributed by atoms with Gasteiger partial charge in [0.2, 0.25) is 0 Å². The highest BCUT2D eigenvalue weighted by molar-refractivity contribution is 5.75. The highest BCUT2D eigenvalue weighted by Gasteiger charge is 2.24. The predicted octanol–water partition coefficient (Wildman–Crippen LogP) is 1.27. The second-order valence-corrected chi connectivity index (χ2v) is 4.44. The van der Waals surface area contributed by atoms with Gasteiger partial charge in [-0.05, 0) is 25.3 Å². The van der Waals surface area contributed by atoms with Gasteiger partial charge in [0.1, 0.15) is 0 Å². The summed E-state index contributed by atoms with van der Waals surface area (Å²) in [6, 6.07) is 9.77. The Labute approximate surface area is 119 Å². The van der Waals surface area contributed by atoms with Crippen molar-refractivity contribution in [1.29, 1.82) is 0 Å². The average molecular weight is 282 g/mol. The van der Waals surface area contributed by atoms with E-state index < -0.39 is 18.2 Å². The molecular weight excluding hydrogens is 260 g/mol. The molecule has 2 N–H and O–H groups in total. The summed E-state index contributed by atoms with van der Waals surface area (Å²) >= 11 is 0. The highest BCUT2D eigenvalue weighted by Crippen LogP contribution is 2.06. The quantitative estimate of drug-likeness (QED) is 0.527. The largest absolute Gasteiger partial charge is 0.464 e. The van der Waals surface area contributed by atoms with Gasteiger partial charge in [0, 0.05) is 6.61 Å². The first-order valence-electron chi connectivity index (χ1n) is 6.79. The van der Waals surface area contributed by atoms with Crippen LogP contribution in [0.3, 0.4) is 0 Å². The number of hydrogen-bond acceptors (Lipinski definition) is 5. The third-order valence-corrected chi connectivity index (χ3v) is 2.79. The second kappa shape index (κ2) is 9.47. The summed E-state index contributed by atoms with van der Waals surface area (Å²) in [4.78, 5) is 11.2. The van der Waals surface area contributed by atoms with E-state index in [1.165, 1.54) is 0 Å². The lowest BCUT2D eigenvalue weighted by molar-refractivity contribution is -0.159. The fourth-order valence-electron chi connectivity index (χ4n) is 1.70. The first-order chi connectivity index (χ1) is 9.65. The van der Waals surface area contributed by atoms with Gasteiger partial charge in [0.05, 0.1) is 19.3 Å². The Kier molecular flexibility index (Phi) is 7.87. The van der Waals surface area contributed by atoms with Crippen LogP contribution in [0.2, 0.25) is 0 Å². The van der Waals surface area contributed by atoms with Gasteiger partial charge in [0.25, 0.3) is 0 Å². The Morgan fingerprint density at radius 1 is 1.25 bits per heavy atom. The van der Waals surface area contributed by atoms with E-state index >= 15 is 0 Å². The van der Waals surface area contributed by atoms with E-state index in [1.807, 2.05) is 30.3 Å². The number of benzene rings is 1. The molecule has 1 aromatic rings. The SMILES string of the molecule is CCOC(=O)[C@H](O)[C@@H](O)CCCOCc1ccccc1. The van der Waals surface area contributed by atoms with E-state index in [0.717, 1.165) is 5.56 Å². The zero-order chi connectivity index (χ0) is 14.8. The van der Waals surface area contributed by atoms with Gasteiger partial charge in [-0.25, -0.2) is 4.79 Å². The zero-order valence-electron chi connectivity index (χ0n) is 11.7. The molecule has 0 amide bonds. The number of rotatable bonds is 9. The van der Waals surface area contributed by atoms with Crippen LogP contribution in [-0.4, -0.2) is 41.6 Å². The minimum Gasteiger partial charge on any atom is -0.464 e. The fraction of sp³-hybridized carbons (Fsp3) is 0.533. The molecule has 0 aromatic heterocycles. The van der Waals surface area contributed by atoms with Crippen molar-refractivity contribution in [3.05, 3.63) is 35.9 Å². The van der Waals surface area contributed by atoms with Crippen molar-refractivity contribution in [3.63, 3.8) is 0 Å². The minimum absolute atomic E-state index is 0.183. The molecule has 20 heavy (non-hydrogen) atoms. The molecule has 0 fully saturated rings. The van der Waals surface area contributed by atoms with E-state index in [1.54, 1.807) is 6.92 Å². The molecule has 112 valence electrons. The second-order valence-electron chi connectivity index (χ2n) is 4.44. The molecule has 1 aromatic carbocycles. The summed E-state index contributed by atoms with van der Waals surface area (Å²) in [6.45, 7) is 2.80. The van der Waals surface area contributed by atoms with Gasteiger partial charge in [-0.15, -0.1) is 0 Å². The van der Waals surface area contributed by atoms with E-state index in [9.17, 15) is 15.0 Å². The average Bonchev–Trinajstić information content (AvgIpc) is 2.47. The number of carbonyl (C=O) groups excluding carboxylic acids is 1. The number of aliphatic hydroxyl groups is 2. The summed E-state index contributed by atoms with van der Waals surface area (Å²) in [7, 11) is 0. The highest BCUT2D eigenvalue weighted by atomic mass is 16.5. The molecule has 0 spiro atoms. The summed E-state index contributed by atoms with van der Waals surface area (Å²) < 4.78 is 10.1. The standard InChI is InChI=1S/C15H22O5/c1-2-20-15(18)14(17)13(16)9-6-10-19-11-12-7-4-3-5-8-12/h3-5,7-8,13-14,16-17H,2,6,9-11H2,1H3/t13-,14+/m0/s1. The number of carbonyl (C=O) groups is 1. The Balaban J connectivity index is 2.13. The maximum atomic E-state index is 11.2. The molecule has 0 unspecified atom stereocenters. The molecule has 0 heterocycles. The first-order valence-corrected chi connectivity index (χ1v) is 6.79. The van der Waals surface area contributed by atoms with Crippen molar-refractivity contribution in [2.75, 3.05) is 13.2 Å². The molecule has 0 bridgehead atoms. The van der Waals surface area contributed by atoms with Crippen molar-refractivity contribution >= 4 is 5.97 Å². The van der Waals surface area contributed by atoms with Crippen molar-refractivity contribution in [1.82, 2.24) is 0 Å². The predicted molar refractivity (Wildman–Crippen MR) is 74.0 cm³/mol. The molecule has 0 aliphatic heterocycles. The Hall–Kier alpha value is -1.43. The first kappa shape index (κ1) is 16.6. The van der Waals surface area contributed by atoms with Crippen LogP contribution in [0.15, 0.2) is 30.3 Å². The van der Waals surface area contributed by atoms with Crippen molar-refractivity contribution in [3.8, 4) is 0 Å². The molecular formula is C15H22O5. The molecule has 0 radical (unpaired) electrons. The van der Waals surface area contributed by atoms with E-state index in [0.29, 0.717) is 19.6 Å². The van der Waals surface area contributed by atoms with E-state index in [2.05, 4.69) is 4.74 Å². The number of ether oxygens (including phenoxy) is 2. The maximum Gasteiger partial charge on any atom is 0.337 e. The Bertz CT molecular complexity index is 379. The van der Waals surface area contributed by atoms with Crippen LogP contribution in [0, 0.1) is 0 Å². The lowest BCUT2D eigenvalue weighted by atomic mass is 10.1. The normalized spacial score (nSPS) is 13.8. The zero-order valence-corrected chi connectivity index (χ0v) is 11.7. The van der Waals surface area contributed by atoms with Crippen molar-refractivity contribution < 1.29 is 24.5 Å². The van der Waals surface area contributed by atoms with Crippen molar-refractivity contribution in [2.45, 2.75) is 38.6 Å². The smallest absolute Gasteiger partial charge is 0.337 e. The van der Waals surface area contributed by atoms with Gasteiger partial charge in [0.15, 0.2) is 6.10 Å². The van der Waals surface area contributed by atoms with Crippen LogP contribution in [0.4, 0.5) is 0 Å². The summed E-state index contributed by atoms with van der Waals surface area (Å²) in [5, 5.41) is 19.1. The monoisotopic (exact) mass is 282 g/mol. The molecule has 5 heteroatoms. The molecule has 0 aliphatic carbocycles. The summed E-state index contributed by atoms with van der Waals surface area (Å²) in [5.41, 5.74) is 1.08. The van der Waals surface area contributed by atoms with Gasteiger partial charge in [-0.3, -0.25) is 0 Å². The summed E-state index contributed by atoms with van der Waals surface area (Å²) in [5.74, 6) is -0.787. The third kappa shape index (κ3) is 6.14. The molecule has 2 atom stereocenters. The fourth-order valence-corrected chi connectivity index (χ4v) is 1.70. The molecule has 0 saturated carbocycles. The van der Waals surface area contributed by atoms with Crippen LogP contribution in [0.5, 0.6) is 0 Å². The van der Waals surface area contributed by atoms with Gasteiger partial charge < -0.3 is 19.7 Å². The van der Waals surface area contributed by atoms with Crippen LogP contribution in [0.1, 0.15) is 25.3 Å². The number of aliphatic hydroxyl groups excluding tert-OH is 2. The van der Waals surface area contributed by atoms with Crippen LogP contribution in [0.25, 0.3) is 0 Å². The Morgan fingerprint density at radius 2 is 1.95 bits per heavy atom. The van der Waals surface area contributed by atoms with Gasteiger partial charge in [-0.2, -0.15) is 0 Å². The number of esters is 1. The topological polar surface area (TPSA) is 76.0 Å². The number of hydrogen-bond donors (Lipinski definition) is 2. The van der Waals surface area contributed by atoms with Gasteiger partial charge in [-0.1, -0.05) is 30.3 Å². The lowest BCUT2D eigenvalue weighted by Crippen LogP contribution is -2.35. The lowest BCUT2D eigenvalue weighted by Gasteiger charge is -2.16.